The van der Waals surface area contributed by atoms with Gasteiger partial charge in [0.15, 0.2) is 6.61 Å². The molecular weight excluding hydrogens is 416 g/mol. The summed E-state index contributed by atoms with van der Waals surface area (Å²) in [5.74, 6) is 0.757. The van der Waals surface area contributed by atoms with E-state index in [9.17, 15) is 4.79 Å². The Kier molecular flexibility index (Phi) is 6.20. The van der Waals surface area contributed by atoms with Gasteiger partial charge in [0.25, 0.3) is 0 Å². The minimum atomic E-state index is -0.431. The lowest BCUT2D eigenvalue weighted by Gasteiger charge is -2.22. The Balaban J connectivity index is 1.62. The molecule has 0 radical (unpaired) electrons. The fourth-order valence-corrected chi connectivity index (χ4v) is 3.21. The van der Waals surface area contributed by atoms with Crippen LogP contribution in [0.4, 0.5) is 0 Å². The van der Waals surface area contributed by atoms with Crippen molar-refractivity contribution in [3.63, 3.8) is 0 Å². The van der Waals surface area contributed by atoms with Crippen molar-refractivity contribution in [2.45, 2.75) is 26.2 Å². The summed E-state index contributed by atoms with van der Waals surface area (Å²) in [6, 6.07) is 23.4. The lowest BCUT2D eigenvalue weighted by molar-refractivity contribution is -0.136. The lowest BCUT2D eigenvalue weighted by atomic mass is 9.86. The Labute approximate surface area is 174 Å². The van der Waals surface area contributed by atoms with Crippen LogP contribution in [0.15, 0.2) is 77.3 Å². The number of hydrogen-bond acceptors (Lipinski definition) is 3. The summed E-state index contributed by atoms with van der Waals surface area (Å²) < 4.78 is 12.1. The van der Waals surface area contributed by atoms with E-state index in [0.29, 0.717) is 11.5 Å². The first-order valence-corrected chi connectivity index (χ1v) is 9.91. The Morgan fingerprint density at radius 2 is 1.54 bits per heavy atom. The Morgan fingerprint density at radius 1 is 0.893 bits per heavy atom. The highest BCUT2D eigenvalue weighted by molar-refractivity contribution is 9.10. The molecule has 0 unspecified atom stereocenters. The zero-order valence-corrected chi connectivity index (χ0v) is 17.8. The van der Waals surface area contributed by atoms with E-state index in [1.807, 2.05) is 54.6 Å². The van der Waals surface area contributed by atoms with Crippen molar-refractivity contribution in [3.05, 3.63) is 82.8 Å². The molecule has 3 aromatic rings. The van der Waals surface area contributed by atoms with Crippen LogP contribution in [-0.4, -0.2) is 12.6 Å². The van der Waals surface area contributed by atoms with Crippen LogP contribution in [0.3, 0.4) is 0 Å². The molecule has 3 nitrogen and oxygen atoms in total. The van der Waals surface area contributed by atoms with Gasteiger partial charge in [-0.1, -0.05) is 79.2 Å². The molecule has 0 saturated carbocycles. The molecule has 0 aromatic heterocycles. The second kappa shape index (κ2) is 8.61. The van der Waals surface area contributed by atoms with Gasteiger partial charge in [-0.3, -0.25) is 0 Å². The van der Waals surface area contributed by atoms with Crippen molar-refractivity contribution >= 4 is 21.9 Å². The molecule has 4 heteroatoms. The summed E-state index contributed by atoms with van der Waals surface area (Å²) in [5.41, 5.74) is 3.05. The number of rotatable bonds is 5. The third-order valence-electron chi connectivity index (χ3n) is 4.29. The second-order valence-electron chi connectivity index (χ2n) is 7.54. The van der Waals surface area contributed by atoms with E-state index in [2.05, 4.69) is 48.8 Å². The van der Waals surface area contributed by atoms with E-state index in [-0.39, 0.29) is 12.0 Å². The molecule has 0 N–H and O–H groups in total. The molecule has 0 saturated heterocycles. The van der Waals surface area contributed by atoms with E-state index in [0.717, 1.165) is 21.2 Å². The van der Waals surface area contributed by atoms with Crippen LogP contribution < -0.4 is 9.47 Å². The standard InChI is InChI=1S/C24H23BrO3/c1-24(2,3)21-15-19(25)11-14-22(21)28-23(26)16-27-20-12-9-18(10-13-20)17-7-5-4-6-8-17/h4-15H,16H2,1-3H3. The average molecular weight is 439 g/mol. The maximum Gasteiger partial charge on any atom is 0.349 e. The van der Waals surface area contributed by atoms with Gasteiger partial charge in [-0.25, -0.2) is 4.79 Å². The highest BCUT2D eigenvalue weighted by Crippen LogP contribution is 2.33. The van der Waals surface area contributed by atoms with Gasteiger partial charge < -0.3 is 9.47 Å². The fourth-order valence-electron chi connectivity index (χ4n) is 2.85. The predicted molar refractivity (Wildman–Crippen MR) is 116 cm³/mol. The number of benzene rings is 3. The fraction of sp³-hybridized carbons (Fsp3) is 0.208. The molecule has 3 rings (SSSR count). The first kappa shape index (κ1) is 20.2. The minimum Gasteiger partial charge on any atom is -0.482 e. The Morgan fingerprint density at radius 3 is 2.18 bits per heavy atom. The van der Waals surface area contributed by atoms with E-state index in [1.165, 1.54) is 0 Å². The van der Waals surface area contributed by atoms with Crippen LogP contribution in [0.25, 0.3) is 11.1 Å². The van der Waals surface area contributed by atoms with Crippen LogP contribution >= 0.6 is 15.9 Å². The number of halogens is 1. The van der Waals surface area contributed by atoms with Crippen molar-refractivity contribution in [1.82, 2.24) is 0 Å². The normalized spacial score (nSPS) is 11.1. The summed E-state index contributed by atoms with van der Waals surface area (Å²) in [4.78, 5) is 12.3. The second-order valence-corrected chi connectivity index (χ2v) is 8.46. The topological polar surface area (TPSA) is 35.5 Å². The van der Waals surface area contributed by atoms with E-state index in [4.69, 9.17) is 9.47 Å². The Hall–Kier alpha value is -2.59. The van der Waals surface area contributed by atoms with Gasteiger partial charge in [0.05, 0.1) is 0 Å². The first-order chi connectivity index (χ1) is 13.3. The SMILES string of the molecule is CC(C)(C)c1cc(Br)ccc1OC(=O)COc1ccc(-c2ccccc2)cc1. The van der Waals surface area contributed by atoms with Gasteiger partial charge >= 0.3 is 5.97 Å². The molecule has 0 aliphatic carbocycles. The minimum absolute atomic E-state index is 0.145. The number of carbonyl (C=O) groups is 1. The van der Waals surface area contributed by atoms with Crippen LogP contribution in [0, 0.1) is 0 Å². The van der Waals surface area contributed by atoms with E-state index in [1.54, 1.807) is 6.07 Å². The first-order valence-electron chi connectivity index (χ1n) is 9.12. The van der Waals surface area contributed by atoms with E-state index >= 15 is 0 Å². The molecule has 144 valence electrons. The maximum atomic E-state index is 12.3. The van der Waals surface area contributed by atoms with Crippen LogP contribution in [0.1, 0.15) is 26.3 Å². The van der Waals surface area contributed by atoms with Gasteiger partial charge in [-0.05, 0) is 46.9 Å². The maximum absolute atomic E-state index is 12.3. The quantitative estimate of drug-likeness (QED) is 0.341. The highest BCUT2D eigenvalue weighted by Gasteiger charge is 2.21. The number of hydrogen-bond donors (Lipinski definition) is 0. The van der Waals surface area contributed by atoms with Crippen molar-refractivity contribution < 1.29 is 14.3 Å². The molecule has 28 heavy (non-hydrogen) atoms. The smallest absolute Gasteiger partial charge is 0.349 e. The summed E-state index contributed by atoms with van der Waals surface area (Å²) in [6.45, 7) is 6.09. The number of carbonyl (C=O) groups excluding carboxylic acids is 1. The molecule has 0 amide bonds. The number of ether oxygens (including phenoxy) is 2. The summed E-state index contributed by atoms with van der Waals surface area (Å²) in [5, 5.41) is 0. The number of esters is 1. The molecule has 0 aliphatic heterocycles. The average Bonchev–Trinajstić information content (AvgIpc) is 2.68. The summed E-state index contributed by atoms with van der Waals surface area (Å²) >= 11 is 3.47. The third kappa shape index (κ3) is 5.23. The van der Waals surface area contributed by atoms with Crippen LogP contribution in [-0.2, 0) is 10.2 Å². The molecule has 0 bridgehead atoms. The van der Waals surface area contributed by atoms with Crippen molar-refractivity contribution in [1.29, 1.82) is 0 Å². The van der Waals surface area contributed by atoms with Gasteiger partial charge in [0.1, 0.15) is 11.5 Å². The molecule has 0 heterocycles. The summed E-state index contributed by atoms with van der Waals surface area (Å²) in [6.07, 6.45) is 0. The van der Waals surface area contributed by atoms with Crippen LogP contribution in [0.5, 0.6) is 11.5 Å². The van der Waals surface area contributed by atoms with Crippen molar-refractivity contribution in [2.75, 3.05) is 6.61 Å². The lowest BCUT2D eigenvalue weighted by Crippen LogP contribution is -2.21. The third-order valence-corrected chi connectivity index (χ3v) is 4.78. The molecule has 3 aromatic carbocycles. The predicted octanol–water partition coefficient (Wildman–Crippen LogP) is 6.40. The Bertz CT molecular complexity index is 942. The van der Waals surface area contributed by atoms with Crippen molar-refractivity contribution in [2.24, 2.45) is 0 Å². The van der Waals surface area contributed by atoms with Gasteiger partial charge in [-0.2, -0.15) is 0 Å². The van der Waals surface area contributed by atoms with Gasteiger partial charge in [0.2, 0.25) is 0 Å². The van der Waals surface area contributed by atoms with E-state index < -0.39 is 5.97 Å². The van der Waals surface area contributed by atoms with Crippen LogP contribution in [0.2, 0.25) is 0 Å². The monoisotopic (exact) mass is 438 g/mol. The molecule has 0 atom stereocenters. The zero-order chi connectivity index (χ0) is 20.1. The zero-order valence-electron chi connectivity index (χ0n) is 16.2. The molecule has 0 aliphatic rings. The largest absolute Gasteiger partial charge is 0.482 e. The molecule has 0 spiro atoms. The summed E-state index contributed by atoms with van der Waals surface area (Å²) in [7, 11) is 0. The highest BCUT2D eigenvalue weighted by atomic mass is 79.9. The van der Waals surface area contributed by atoms with Gasteiger partial charge in [0, 0.05) is 10.0 Å². The molecular formula is C24H23BrO3. The van der Waals surface area contributed by atoms with Crippen molar-refractivity contribution in [3.8, 4) is 22.6 Å². The molecule has 0 fully saturated rings. The van der Waals surface area contributed by atoms with Gasteiger partial charge in [-0.15, -0.1) is 0 Å².